The summed E-state index contributed by atoms with van der Waals surface area (Å²) in [6.07, 6.45) is 1.87. The second-order valence-electron chi connectivity index (χ2n) is 6.64. The van der Waals surface area contributed by atoms with Gasteiger partial charge in [-0.05, 0) is 37.5 Å². The van der Waals surface area contributed by atoms with Gasteiger partial charge >= 0.3 is 0 Å². The fraction of sp³-hybridized carbons (Fsp3) is 0.350. The Kier molecular flexibility index (Phi) is 8.41. The number of rotatable bonds is 4. The van der Waals surface area contributed by atoms with Crippen LogP contribution in [0.4, 0.5) is 5.69 Å². The number of hydrogen-bond acceptors (Lipinski definition) is 3. The van der Waals surface area contributed by atoms with Gasteiger partial charge in [0.05, 0.1) is 0 Å². The van der Waals surface area contributed by atoms with Gasteiger partial charge in [-0.15, -0.1) is 24.8 Å². The fourth-order valence-electron chi connectivity index (χ4n) is 3.17. The van der Waals surface area contributed by atoms with Crippen LogP contribution in [0.5, 0.6) is 0 Å². The van der Waals surface area contributed by atoms with Crippen molar-refractivity contribution in [3.8, 4) is 0 Å². The van der Waals surface area contributed by atoms with Crippen LogP contribution in [0.3, 0.4) is 0 Å². The van der Waals surface area contributed by atoms with Gasteiger partial charge in [0.1, 0.15) is 5.54 Å². The summed E-state index contributed by atoms with van der Waals surface area (Å²) in [5, 5.41) is 3.14. The Morgan fingerprint density at radius 1 is 1.00 bits per heavy atom. The van der Waals surface area contributed by atoms with Crippen molar-refractivity contribution >= 4 is 36.4 Å². The van der Waals surface area contributed by atoms with Gasteiger partial charge in [0.2, 0.25) is 5.91 Å². The van der Waals surface area contributed by atoms with Gasteiger partial charge in [-0.2, -0.15) is 0 Å². The monoisotopic (exact) mass is 395 g/mol. The summed E-state index contributed by atoms with van der Waals surface area (Å²) in [5.74, 6) is -0.105. The SMILES string of the molecule is CC(N)(C(=O)NC1CCN(c2ccccc2)CC1)c1ccccc1.Cl.Cl. The van der Waals surface area contributed by atoms with E-state index in [4.69, 9.17) is 5.73 Å². The Balaban J connectivity index is 0.00000169. The summed E-state index contributed by atoms with van der Waals surface area (Å²) < 4.78 is 0. The first-order chi connectivity index (χ1) is 11.6. The lowest BCUT2D eigenvalue weighted by Gasteiger charge is -2.35. The quantitative estimate of drug-likeness (QED) is 0.832. The molecule has 1 aliphatic rings. The zero-order chi connectivity index (χ0) is 17.0. The van der Waals surface area contributed by atoms with Crippen molar-refractivity contribution in [1.82, 2.24) is 5.32 Å². The molecule has 0 radical (unpaired) electrons. The number of nitrogens with zero attached hydrogens (tertiary/aromatic N) is 1. The predicted octanol–water partition coefficient (Wildman–Crippen LogP) is 3.49. The average molecular weight is 396 g/mol. The smallest absolute Gasteiger partial charge is 0.244 e. The molecule has 2 aromatic carbocycles. The highest BCUT2D eigenvalue weighted by Gasteiger charge is 2.32. The number of para-hydroxylation sites is 1. The van der Waals surface area contributed by atoms with Crippen molar-refractivity contribution in [2.24, 2.45) is 5.73 Å². The average Bonchev–Trinajstić information content (AvgIpc) is 2.64. The number of amides is 1. The van der Waals surface area contributed by atoms with Gasteiger partial charge in [0.25, 0.3) is 0 Å². The molecule has 4 nitrogen and oxygen atoms in total. The summed E-state index contributed by atoms with van der Waals surface area (Å²) in [7, 11) is 0. The minimum Gasteiger partial charge on any atom is -0.371 e. The van der Waals surface area contributed by atoms with E-state index < -0.39 is 5.54 Å². The van der Waals surface area contributed by atoms with Gasteiger partial charge in [-0.3, -0.25) is 4.79 Å². The highest BCUT2D eigenvalue weighted by atomic mass is 35.5. The number of carbonyl (C=O) groups is 1. The van der Waals surface area contributed by atoms with Crippen molar-refractivity contribution in [3.05, 3.63) is 66.2 Å². The molecule has 142 valence electrons. The summed E-state index contributed by atoms with van der Waals surface area (Å²) in [5.41, 5.74) is 7.38. The molecule has 6 heteroatoms. The van der Waals surface area contributed by atoms with E-state index in [1.165, 1.54) is 5.69 Å². The Bertz CT molecular complexity index is 672. The highest BCUT2D eigenvalue weighted by Crippen LogP contribution is 2.21. The van der Waals surface area contributed by atoms with Crippen molar-refractivity contribution in [1.29, 1.82) is 0 Å². The van der Waals surface area contributed by atoms with E-state index in [1.807, 2.05) is 36.4 Å². The van der Waals surface area contributed by atoms with Crippen LogP contribution in [0.25, 0.3) is 0 Å². The first kappa shape index (κ1) is 22.3. The molecule has 0 saturated carbocycles. The lowest BCUT2D eigenvalue weighted by molar-refractivity contribution is -0.127. The third kappa shape index (κ3) is 5.13. The maximum Gasteiger partial charge on any atom is 0.244 e. The maximum absolute atomic E-state index is 12.6. The third-order valence-electron chi connectivity index (χ3n) is 4.80. The maximum atomic E-state index is 12.6. The number of nitrogens with two attached hydrogens (primary N) is 1. The number of carbonyl (C=O) groups excluding carboxylic acids is 1. The Morgan fingerprint density at radius 3 is 2.04 bits per heavy atom. The second kappa shape index (κ2) is 9.81. The number of hydrogen-bond donors (Lipinski definition) is 2. The molecule has 1 heterocycles. The predicted molar refractivity (Wildman–Crippen MR) is 112 cm³/mol. The van der Waals surface area contributed by atoms with Gasteiger partial charge in [-0.1, -0.05) is 48.5 Å². The second-order valence-corrected chi connectivity index (χ2v) is 6.64. The van der Waals surface area contributed by atoms with Gasteiger partial charge in [-0.25, -0.2) is 0 Å². The molecule has 1 fully saturated rings. The van der Waals surface area contributed by atoms with Crippen LogP contribution in [-0.4, -0.2) is 25.0 Å². The number of piperidine rings is 1. The first-order valence-electron chi connectivity index (χ1n) is 8.53. The van der Waals surface area contributed by atoms with Crippen molar-refractivity contribution in [2.75, 3.05) is 18.0 Å². The standard InChI is InChI=1S/C20H25N3O.2ClH/c1-20(21,16-8-4-2-5-9-16)19(24)22-17-12-14-23(15-13-17)18-10-6-3-7-11-18;;/h2-11,17H,12-15,21H2,1H3,(H,22,24);2*1H. The van der Waals surface area contributed by atoms with E-state index in [9.17, 15) is 4.79 Å². The lowest BCUT2D eigenvalue weighted by atomic mass is 9.91. The molecule has 0 aliphatic carbocycles. The highest BCUT2D eigenvalue weighted by molar-refractivity contribution is 5.87. The topological polar surface area (TPSA) is 58.4 Å². The molecule has 1 saturated heterocycles. The van der Waals surface area contributed by atoms with Crippen molar-refractivity contribution in [2.45, 2.75) is 31.3 Å². The summed E-state index contributed by atoms with van der Waals surface area (Å²) in [4.78, 5) is 15.0. The summed E-state index contributed by atoms with van der Waals surface area (Å²) >= 11 is 0. The third-order valence-corrected chi connectivity index (χ3v) is 4.80. The van der Waals surface area contributed by atoms with Crippen molar-refractivity contribution in [3.63, 3.8) is 0 Å². The van der Waals surface area contributed by atoms with Crippen LogP contribution in [0, 0.1) is 0 Å². The van der Waals surface area contributed by atoms with Crippen LogP contribution in [0.15, 0.2) is 60.7 Å². The van der Waals surface area contributed by atoms with Gasteiger partial charge < -0.3 is 16.0 Å². The van der Waals surface area contributed by atoms with E-state index >= 15 is 0 Å². The normalized spacial score (nSPS) is 16.6. The van der Waals surface area contributed by atoms with Crippen LogP contribution in [-0.2, 0) is 10.3 Å². The van der Waals surface area contributed by atoms with Gasteiger partial charge in [0.15, 0.2) is 0 Å². The van der Waals surface area contributed by atoms with E-state index in [1.54, 1.807) is 6.92 Å². The Labute approximate surface area is 168 Å². The molecule has 3 N–H and O–H groups in total. The van der Waals surface area contributed by atoms with E-state index in [2.05, 4.69) is 34.5 Å². The first-order valence-corrected chi connectivity index (χ1v) is 8.53. The molecule has 2 aromatic rings. The van der Waals surface area contributed by atoms with Crippen LogP contribution in [0.2, 0.25) is 0 Å². The lowest BCUT2D eigenvalue weighted by Crippen LogP contribution is -2.54. The largest absolute Gasteiger partial charge is 0.371 e. The minimum absolute atomic E-state index is 0. The van der Waals surface area contributed by atoms with E-state index in [-0.39, 0.29) is 36.8 Å². The molecule has 0 bridgehead atoms. The summed E-state index contributed by atoms with van der Waals surface area (Å²) in [6.45, 7) is 3.67. The molecule has 0 spiro atoms. The molecule has 3 rings (SSSR count). The zero-order valence-electron chi connectivity index (χ0n) is 14.9. The van der Waals surface area contributed by atoms with E-state index in [0.717, 1.165) is 31.5 Å². The number of halogens is 2. The number of nitrogens with one attached hydrogen (secondary N) is 1. The molecule has 0 aromatic heterocycles. The number of anilines is 1. The molecule has 1 atom stereocenters. The molecular formula is C20H27Cl2N3O. The van der Waals surface area contributed by atoms with E-state index in [0.29, 0.717) is 0 Å². The van der Waals surface area contributed by atoms with Crippen LogP contribution >= 0.6 is 24.8 Å². The Hall–Kier alpha value is -1.75. The fourth-order valence-corrected chi connectivity index (χ4v) is 3.17. The molecule has 1 amide bonds. The van der Waals surface area contributed by atoms with Crippen LogP contribution in [0.1, 0.15) is 25.3 Å². The number of benzene rings is 2. The summed E-state index contributed by atoms with van der Waals surface area (Å²) in [6, 6.07) is 20.1. The zero-order valence-corrected chi connectivity index (χ0v) is 16.6. The minimum atomic E-state index is -1.00. The Morgan fingerprint density at radius 2 is 1.50 bits per heavy atom. The molecular weight excluding hydrogens is 369 g/mol. The van der Waals surface area contributed by atoms with Crippen LogP contribution < -0.4 is 16.0 Å². The van der Waals surface area contributed by atoms with Crippen molar-refractivity contribution < 1.29 is 4.79 Å². The molecule has 26 heavy (non-hydrogen) atoms. The molecule has 1 aliphatic heterocycles. The molecule has 1 unspecified atom stereocenters. The van der Waals surface area contributed by atoms with Gasteiger partial charge in [0, 0.05) is 24.8 Å².